The van der Waals surface area contributed by atoms with Crippen molar-refractivity contribution in [1.82, 2.24) is 15.4 Å². The SMILES string of the molecule is COC(=O)c1cc(NNC(=O)OC(C)(C)C)nc(Cl)n1. The molecule has 2 N–H and O–H groups in total. The van der Waals surface area contributed by atoms with Crippen molar-refractivity contribution in [3.8, 4) is 0 Å². The monoisotopic (exact) mass is 302 g/mol. The van der Waals surface area contributed by atoms with Gasteiger partial charge in [-0.1, -0.05) is 0 Å². The summed E-state index contributed by atoms with van der Waals surface area (Å²) in [4.78, 5) is 30.2. The van der Waals surface area contributed by atoms with E-state index in [1.54, 1.807) is 20.8 Å². The summed E-state index contributed by atoms with van der Waals surface area (Å²) in [6, 6.07) is 1.27. The smallest absolute Gasteiger partial charge is 0.426 e. The van der Waals surface area contributed by atoms with Crippen molar-refractivity contribution in [2.75, 3.05) is 12.5 Å². The predicted molar refractivity (Wildman–Crippen MR) is 71.4 cm³/mol. The molecule has 1 aromatic rings. The first-order chi connectivity index (χ1) is 9.21. The second-order valence-electron chi connectivity index (χ2n) is 4.65. The molecular weight excluding hydrogens is 288 g/mol. The van der Waals surface area contributed by atoms with Crippen LogP contribution in [-0.4, -0.2) is 34.7 Å². The Labute approximate surface area is 120 Å². The van der Waals surface area contributed by atoms with Crippen molar-refractivity contribution >= 4 is 29.5 Å². The normalized spacial score (nSPS) is 10.7. The van der Waals surface area contributed by atoms with Crippen LogP contribution in [0.3, 0.4) is 0 Å². The first kappa shape index (κ1) is 16.0. The average Bonchev–Trinajstić information content (AvgIpc) is 2.32. The summed E-state index contributed by atoms with van der Waals surface area (Å²) in [6.45, 7) is 5.18. The van der Waals surface area contributed by atoms with E-state index in [0.717, 1.165) is 0 Å². The van der Waals surface area contributed by atoms with Crippen LogP contribution >= 0.6 is 11.6 Å². The van der Waals surface area contributed by atoms with Crippen molar-refractivity contribution < 1.29 is 19.1 Å². The van der Waals surface area contributed by atoms with Gasteiger partial charge in [0.2, 0.25) is 5.28 Å². The number of hydrogen-bond acceptors (Lipinski definition) is 7. The van der Waals surface area contributed by atoms with Crippen LogP contribution in [0.15, 0.2) is 6.07 Å². The number of amides is 1. The lowest BCUT2D eigenvalue weighted by molar-refractivity contribution is 0.0539. The minimum Gasteiger partial charge on any atom is -0.464 e. The van der Waals surface area contributed by atoms with Gasteiger partial charge in [-0.15, -0.1) is 0 Å². The van der Waals surface area contributed by atoms with Gasteiger partial charge in [-0.3, -0.25) is 5.43 Å². The van der Waals surface area contributed by atoms with Gasteiger partial charge < -0.3 is 9.47 Å². The number of aromatic nitrogens is 2. The number of halogens is 1. The minimum atomic E-state index is -0.702. The highest BCUT2D eigenvalue weighted by molar-refractivity contribution is 6.28. The highest BCUT2D eigenvalue weighted by atomic mass is 35.5. The molecule has 0 bridgehead atoms. The molecule has 0 aromatic carbocycles. The van der Waals surface area contributed by atoms with E-state index in [0.29, 0.717) is 0 Å². The van der Waals surface area contributed by atoms with Crippen LogP contribution in [0.25, 0.3) is 0 Å². The molecule has 0 unspecified atom stereocenters. The van der Waals surface area contributed by atoms with E-state index >= 15 is 0 Å². The van der Waals surface area contributed by atoms with Crippen molar-refractivity contribution in [2.24, 2.45) is 0 Å². The summed E-state index contributed by atoms with van der Waals surface area (Å²) >= 11 is 5.66. The molecule has 20 heavy (non-hydrogen) atoms. The van der Waals surface area contributed by atoms with Crippen LogP contribution < -0.4 is 10.9 Å². The van der Waals surface area contributed by atoms with E-state index in [9.17, 15) is 9.59 Å². The molecule has 1 aromatic heterocycles. The number of hydrazine groups is 1. The number of ether oxygens (including phenoxy) is 2. The first-order valence-electron chi connectivity index (χ1n) is 5.59. The van der Waals surface area contributed by atoms with Gasteiger partial charge in [0.1, 0.15) is 11.4 Å². The molecule has 0 radical (unpaired) electrons. The molecule has 0 aliphatic heterocycles. The standard InChI is InChI=1S/C11H15ClN4O4/c1-11(2,3)20-10(18)16-15-7-5-6(8(17)19-4)13-9(12)14-7/h5H,1-4H3,(H,16,18)(H,13,14,15). The largest absolute Gasteiger partial charge is 0.464 e. The number of hydrogen-bond donors (Lipinski definition) is 2. The van der Waals surface area contributed by atoms with Crippen LogP contribution in [-0.2, 0) is 9.47 Å². The minimum absolute atomic E-state index is 0.0408. The fourth-order valence-electron chi connectivity index (χ4n) is 1.11. The van der Waals surface area contributed by atoms with Gasteiger partial charge in [-0.05, 0) is 32.4 Å². The van der Waals surface area contributed by atoms with Gasteiger partial charge in [0.05, 0.1) is 7.11 Å². The lowest BCUT2D eigenvalue weighted by Crippen LogP contribution is -2.36. The Balaban J connectivity index is 2.71. The molecule has 0 saturated heterocycles. The van der Waals surface area contributed by atoms with Gasteiger partial charge >= 0.3 is 12.1 Å². The Morgan fingerprint density at radius 3 is 2.50 bits per heavy atom. The van der Waals surface area contributed by atoms with E-state index in [2.05, 4.69) is 25.6 Å². The number of carbonyl (C=O) groups excluding carboxylic acids is 2. The molecular formula is C11H15ClN4O4. The molecule has 0 fully saturated rings. The van der Waals surface area contributed by atoms with E-state index in [-0.39, 0.29) is 16.8 Å². The van der Waals surface area contributed by atoms with Crippen LogP contribution in [0, 0.1) is 0 Å². The van der Waals surface area contributed by atoms with Crippen LogP contribution in [0.5, 0.6) is 0 Å². The van der Waals surface area contributed by atoms with Crippen LogP contribution in [0.2, 0.25) is 5.28 Å². The van der Waals surface area contributed by atoms with E-state index < -0.39 is 17.7 Å². The van der Waals surface area contributed by atoms with E-state index in [4.69, 9.17) is 16.3 Å². The van der Waals surface area contributed by atoms with Crippen molar-refractivity contribution in [3.63, 3.8) is 0 Å². The van der Waals surface area contributed by atoms with Crippen LogP contribution in [0.4, 0.5) is 10.6 Å². The lowest BCUT2D eigenvalue weighted by atomic mass is 10.2. The molecule has 0 aliphatic rings. The number of methoxy groups -OCH3 is 1. The molecule has 9 heteroatoms. The molecule has 8 nitrogen and oxygen atoms in total. The summed E-state index contributed by atoms with van der Waals surface area (Å²) < 4.78 is 9.52. The van der Waals surface area contributed by atoms with Crippen LogP contribution in [0.1, 0.15) is 31.3 Å². The maximum atomic E-state index is 11.4. The summed E-state index contributed by atoms with van der Waals surface area (Å²) in [7, 11) is 1.21. The number of rotatable bonds is 3. The third-order valence-corrected chi connectivity index (χ3v) is 1.95. The third-order valence-electron chi connectivity index (χ3n) is 1.78. The second kappa shape index (κ2) is 6.38. The number of carbonyl (C=O) groups is 2. The van der Waals surface area contributed by atoms with Gasteiger partial charge in [-0.2, -0.15) is 4.98 Å². The summed E-state index contributed by atoms with van der Waals surface area (Å²) in [5.74, 6) is -0.550. The van der Waals surface area contributed by atoms with Crippen molar-refractivity contribution in [1.29, 1.82) is 0 Å². The van der Waals surface area contributed by atoms with Gasteiger partial charge in [0.25, 0.3) is 0 Å². The number of anilines is 1. The Hall–Kier alpha value is -2.09. The number of nitrogens with one attached hydrogen (secondary N) is 2. The molecule has 1 rings (SSSR count). The molecule has 1 amide bonds. The van der Waals surface area contributed by atoms with E-state index in [1.165, 1.54) is 13.2 Å². The fourth-order valence-corrected chi connectivity index (χ4v) is 1.29. The second-order valence-corrected chi connectivity index (χ2v) is 4.99. The Bertz CT molecular complexity index is 516. The maximum absolute atomic E-state index is 11.4. The van der Waals surface area contributed by atoms with Crippen molar-refractivity contribution in [3.05, 3.63) is 17.0 Å². The average molecular weight is 303 g/mol. The topological polar surface area (TPSA) is 102 Å². The first-order valence-corrected chi connectivity index (χ1v) is 5.97. The molecule has 1 heterocycles. The highest BCUT2D eigenvalue weighted by Gasteiger charge is 2.16. The molecule has 0 aliphatic carbocycles. The molecule has 0 spiro atoms. The Morgan fingerprint density at radius 1 is 1.30 bits per heavy atom. The lowest BCUT2D eigenvalue weighted by Gasteiger charge is -2.19. The zero-order valence-corrected chi connectivity index (χ0v) is 12.2. The third kappa shape index (κ3) is 5.27. The molecule has 110 valence electrons. The molecule has 0 saturated carbocycles. The molecule has 0 atom stereocenters. The zero-order valence-electron chi connectivity index (χ0n) is 11.5. The quantitative estimate of drug-likeness (QED) is 0.498. The Kier molecular flexibility index (Phi) is 5.09. The zero-order chi connectivity index (χ0) is 15.3. The van der Waals surface area contributed by atoms with Gasteiger partial charge in [0.15, 0.2) is 5.69 Å². The number of nitrogens with zero attached hydrogens (tertiary/aromatic N) is 2. The predicted octanol–water partition coefficient (Wildman–Crippen LogP) is 1.77. The Morgan fingerprint density at radius 2 is 1.95 bits per heavy atom. The van der Waals surface area contributed by atoms with Crippen molar-refractivity contribution in [2.45, 2.75) is 26.4 Å². The summed E-state index contributed by atoms with van der Waals surface area (Å²) in [5, 5.41) is -0.165. The summed E-state index contributed by atoms with van der Waals surface area (Å²) in [5.41, 5.74) is 4.04. The van der Waals surface area contributed by atoms with E-state index in [1.807, 2.05) is 0 Å². The highest BCUT2D eigenvalue weighted by Crippen LogP contribution is 2.11. The maximum Gasteiger partial charge on any atom is 0.426 e. The summed E-state index contributed by atoms with van der Waals surface area (Å²) in [6.07, 6.45) is -0.702. The number of esters is 1. The van der Waals surface area contributed by atoms with Gasteiger partial charge in [-0.25, -0.2) is 20.0 Å². The fraction of sp³-hybridized carbons (Fsp3) is 0.455. The van der Waals surface area contributed by atoms with Gasteiger partial charge in [0, 0.05) is 6.07 Å².